The van der Waals surface area contributed by atoms with Crippen LogP contribution in [0.1, 0.15) is 17.5 Å². The number of hydrogen-bond acceptors (Lipinski definition) is 6. The Morgan fingerprint density at radius 3 is 2.45 bits per heavy atom. The number of amides is 1. The van der Waals surface area contributed by atoms with Crippen molar-refractivity contribution in [2.45, 2.75) is 12.8 Å². The van der Waals surface area contributed by atoms with Crippen molar-refractivity contribution in [3.05, 3.63) is 69.8 Å². The molecule has 0 spiro atoms. The van der Waals surface area contributed by atoms with Gasteiger partial charge in [-0.05, 0) is 67.9 Å². The van der Waals surface area contributed by atoms with Crippen molar-refractivity contribution >= 4 is 17.7 Å². The lowest BCUT2D eigenvalue weighted by atomic mass is 10.1. The number of nitrogens with one attached hydrogen (secondary N) is 1. The molecule has 0 radical (unpaired) electrons. The van der Waals surface area contributed by atoms with Crippen LogP contribution in [-0.4, -0.2) is 56.6 Å². The van der Waals surface area contributed by atoms with Gasteiger partial charge in [0.25, 0.3) is 5.69 Å². The number of hydrogen-bond donors (Lipinski definition) is 1. The van der Waals surface area contributed by atoms with E-state index in [0.29, 0.717) is 6.54 Å². The van der Waals surface area contributed by atoms with Crippen LogP contribution in [-0.2, 0) is 11.2 Å². The summed E-state index contributed by atoms with van der Waals surface area (Å²) in [6, 6.07) is 12.0. The number of nitrogens with zero attached hydrogens (tertiary/aromatic N) is 2. The third-order valence-electron chi connectivity index (χ3n) is 4.78. The maximum atomic E-state index is 11.9. The summed E-state index contributed by atoms with van der Waals surface area (Å²) in [6.07, 6.45) is 4.79. The van der Waals surface area contributed by atoms with Crippen molar-refractivity contribution in [1.29, 1.82) is 0 Å². The maximum Gasteiger partial charge on any atom is 0.269 e. The zero-order valence-electron chi connectivity index (χ0n) is 18.2. The lowest BCUT2D eigenvalue weighted by Crippen LogP contribution is -2.28. The summed E-state index contributed by atoms with van der Waals surface area (Å²) in [5.41, 5.74) is 1.93. The topological polar surface area (TPSA) is 93.9 Å². The first kappa shape index (κ1) is 23.9. The average Bonchev–Trinajstić information content (AvgIpc) is 2.79. The van der Waals surface area contributed by atoms with E-state index in [4.69, 9.17) is 9.47 Å². The van der Waals surface area contributed by atoms with Gasteiger partial charge in [0.15, 0.2) is 11.5 Å². The highest BCUT2D eigenvalue weighted by Gasteiger charge is 2.06. The number of rotatable bonds is 12. The van der Waals surface area contributed by atoms with Crippen molar-refractivity contribution in [1.82, 2.24) is 10.2 Å². The molecule has 31 heavy (non-hydrogen) atoms. The number of methoxy groups -OCH3 is 2. The third-order valence-corrected chi connectivity index (χ3v) is 4.78. The Balaban J connectivity index is 1.66. The Hall–Kier alpha value is -3.39. The number of ether oxygens (including phenoxy) is 2. The second-order valence-electron chi connectivity index (χ2n) is 7.07. The predicted octanol–water partition coefficient (Wildman–Crippen LogP) is 3.31. The molecule has 2 aromatic rings. The van der Waals surface area contributed by atoms with Crippen molar-refractivity contribution in [3.63, 3.8) is 0 Å². The van der Waals surface area contributed by atoms with Gasteiger partial charge in [0, 0.05) is 31.3 Å². The monoisotopic (exact) mass is 427 g/mol. The molecule has 0 saturated heterocycles. The molecule has 8 heteroatoms. The van der Waals surface area contributed by atoms with Crippen molar-refractivity contribution in [2.24, 2.45) is 0 Å². The van der Waals surface area contributed by atoms with Gasteiger partial charge >= 0.3 is 0 Å². The van der Waals surface area contributed by atoms with Gasteiger partial charge in [-0.1, -0.05) is 6.07 Å². The van der Waals surface area contributed by atoms with E-state index in [1.54, 1.807) is 32.4 Å². The SMILES string of the molecule is COc1ccc(CCN(C)CCCNC(=O)/C=C/c2ccc([N+](=O)[O-])cc2)cc1OC. The number of benzene rings is 2. The number of non-ortho nitro benzene ring substituents is 1. The molecule has 0 saturated carbocycles. The molecule has 0 aromatic heterocycles. The molecule has 8 nitrogen and oxygen atoms in total. The molecule has 1 amide bonds. The summed E-state index contributed by atoms with van der Waals surface area (Å²) < 4.78 is 10.6. The maximum absolute atomic E-state index is 11.9. The van der Waals surface area contributed by atoms with Crippen molar-refractivity contribution in [3.8, 4) is 11.5 Å². The molecular formula is C23H29N3O5. The van der Waals surface area contributed by atoms with E-state index in [9.17, 15) is 14.9 Å². The minimum atomic E-state index is -0.453. The second-order valence-corrected chi connectivity index (χ2v) is 7.07. The zero-order valence-corrected chi connectivity index (χ0v) is 18.2. The fourth-order valence-corrected chi connectivity index (χ4v) is 2.97. The normalized spacial score (nSPS) is 11.0. The average molecular weight is 428 g/mol. The summed E-state index contributed by atoms with van der Waals surface area (Å²) in [6.45, 7) is 2.33. The van der Waals surface area contributed by atoms with Crippen LogP contribution >= 0.6 is 0 Å². The standard InChI is InChI=1S/C23H29N3O5/c1-25(16-13-19-7-11-21(30-2)22(17-19)31-3)15-4-14-24-23(27)12-8-18-5-9-20(10-6-18)26(28)29/h5-12,17H,4,13-16H2,1-3H3,(H,24,27)/b12-8+. The van der Waals surface area contributed by atoms with Gasteiger partial charge in [-0.2, -0.15) is 0 Å². The third kappa shape index (κ3) is 8.10. The first-order valence-corrected chi connectivity index (χ1v) is 10.0. The smallest absolute Gasteiger partial charge is 0.269 e. The minimum Gasteiger partial charge on any atom is -0.493 e. The van der Waals surface area contributed by atoms with Gasteiger partial charge in [-0.3, -0.25) is 14.9 Å². The number of carbonyl (C=O) groups is 1. The highest BCUT2D eigenvalue weighted by Crippen LogP contribution is 2.27. The first-order chi connectivity index (χ1) is 14.9. The van der Waals surface area contributed by atoms with Crippen LogP contribution in [0, 0.1) is 10.1 Å². The number of nitro benzene ring substituents is 1. The summed E-state index contributed by atoms with van der Waals surface area (Å²) in [4.78, 5) is 24.3. The molecular weight excluding hydrogens is 398 g/mol. The molecule has 0 unspecified atom stereocenters. The van der Waals surface area contributed by atoms with E-state index in [0.717, 1.165) is 43.0 Å². The van der Waals surface area contributed by atoms with Gasteiger partial charge in [-0.25, -0.2) is 0 Å². The van der Waals surface area contributed by atoms with E-state index in [2.05, 4.69) is 17.3 Å². The molecule has 0 atom stereocenters. The van der Waals surface area contributed by atoms with Gasteiger partial charge in [0.05, 0.1) is 19.1 Å². The Bertz CT molecular complexity index is 897. The molecule has 2 aromatic carbocycles. The van der Waals surface area contributed by atoms with E-state index >= 15 is 0 Å². The predicted molar refractivity (Wildman–Crippen MR) is 121 cm³/mol. The van der Waals surface area contributed by atoms with Crippen molar-refractivity contribution < 1.29 is 19.2 Å². The molecule has 1 N–H and O–H groups in total. The van der Waals surface area contributed by atoms with Crippen LogP contribution in [0.2, 0.25) is 0 Å². The van der Waals surface area contributed by atoms with Crippen LogP contribution in [0.5, 0.6) is 11.5 Å². The van der Waals surface area contributed by atoms with Gasteiger partial charge in [0.2, 0.25) is 5.91 Å². The largest absolute Gasteiger partial charge is 0.493 e. The molecule has 166 valence electrons. The molecule has 0 aliphatic rings. The van der Waals surface area contributed by atoms with E-state index in [1.165, 1.54) is 23.8 Å². The minimum absolute atomic E-state index is 0.0249. The summed E-state index contributed by atoms with van der Waals surface area (Å²) in [7, 11) is 5.30. The molecule has 0 heterocycles. The van der Waals surface area contributed by atoms with E-state index < -0.39 is 4.92 Å². The number of nitro groups is 1. The molecule has 0 bridgehead atoms. The fraction of sp³-hybridized carbons (Fsp3) is 0.348. The lowest BCUT2D eigenvalue weighted by Gasteiger charge is -2.17. The van der Waals surface area contributed by atoms with E-state index in [1.807, 2.05) is 18.2 Å². The summed E-state index contributed by atoms with van der Waals surface area (Å²) in [5, 5.41) is 13.5. The van der Waals surface area contributed by atoms with Gasteiger partial charge < -0.3 is 19.7 Å². The van der Waals surface area contributed by atoms with Gasteiger partial charge in [0.1, 0.15) is 0 Å². The molecule has 0 aliphatic carbocycles. The van der Waals surface area contributed by atoms with Crippen LogP contribution in [0.15, 0.2) is 48.5 Å². The first-order valence-electron chi connectivity index (χ1n) is 10.0. The van der Waals surface area contributed by atoms with E-state index in [-0.39, 0.29) is 11.6 Å². The second kappa shape index (κ2) is 12.3. The number of likely N-dealkylation sites (N-methyl/N-ethyl adjacent to an activating group) is 1. The highest BCUT2D eigenvalue weighted by atomic mass is 16.6. The van der Waals surface area contributed by atoms with Gasteiger partial charge in [-0.15, -0.1) is 0 Å². The Morgan fingerprint density at radius 1 is 1.10 bits per heavy atom. The van der Waals surface area contributed by atoms with Crippen LogP contribution in [0.25, 0.3) is 6.08 Å². The number of carbonyl (C=O) groups excluding carboxylic acids is 1. The lowest BCUT2D eigenvalue weighted by molar-refractivity contribution is -0.384. The fourth-order valence-electron chi connectivity index (χ4n) is 2.97. The Kier molecular flexibility index (Phi) is 9.51. The quantitative estimate of drug-likeness (QED) is 0.242. The van der Waals surface area contributed by atoms with Crippen LogP contribution in [0.4, 0.5) is 5.69 Å². The summed E-state index contributed by atoms with van der Waals surface area (Å²) >= 11 is 0. The molecule has 0 fully saturated rings. The van der Waals surface area contributed by atoms with Crippen molar-refractivity contribution in [2.75, 3.05) is 40.9 Å². The zero-order chi connectivity index (χ0) is 22.6. The summed E-state index contributed by atoms with van der Waals surface area (Å²) in [5.74, 6) is 1.26. The Morgan fingerprint density at radius 2 is 1.81 bits per heavy atom. The molecule has 2 rings (SSSR count). The Labute approximate surface area is 182 Å². The highest BCUT2D eigenvalue weighted by molar-refractivity contribution is 5.91. The van der Waals surface area contributed by atoms with Crippen LogP contribution < -0.4 is 14.8 Å². The molecule has 0 aliphatic heterocycles. The van der Waals surface area contributed by atoms with Crippen LogP contribution in [0.3, 0.4) is 0 Å².